The van der Waals surface area contributed by atoms with Crippen LogP contribution >= 0.6 is 11.6 Å². The molecule has 0 atom stereocenters. The van der Waals surface area contributed by atoms with Gasteiger partial charge in [-0.3, -0.25) is 4.90 Å². The molecule has 0 spiro atoms. The Morgan fingerprint density at radius 1 is 1.22 bits per heavy atom. The third-order valence-electron chi connectivity index (χ3n) is 3.82. The van der Waals surface area contributed by atoms with Gasteiger partial charge in [-0.1, -0.05) is 41.1 Å². The van der Waals surface area contributed by atoms with Gasteiger partial charge < -0.3 is 4.85 Å². The van der Waals surface area contributed by atoms with Gasteiger partial charge in [0.25, 0.3) is 5.82 Å². The molecule has 0 N–H and O–H groups in total. The van der Waals surface area contributed by atoms with E-state index < -0.39 is 17.7 Å². The summed E-state index contributed by atoms with van der Waals surface area (Å²) >= 11 is 6.02. The summed E-state index contributed by atoms with van der Waals surface area (Å²) in [6, 6.07) is 8.93. The minimum absolute atomic E-state index is 0.0286. The van der Waals surface area contributed by atoms with Crippen LogP contribution in [0.5, 0.6) is 0 Å². The molecule has 0 aliphatic carbocycles. The number of hydrogen-bond acceptors (Lipinski definition) is 3. The van der Waals surface area contributed by atoms with Crippen LogP contribution in [0, 0.1) is 18.2 Å². The average molecular weight is 388 g/mol. The van der Waals surface area contributed by atoms with Crippen LogP contribution in [-0.2, 0) is 0 Å². The summed E-state index contributed by atoms with van der Waals surface area (Å²) < 4.78 is 29.0. The lowest BCUT2D eigenvalue weighted by molar-refractivity contribution is 0.245. The lowest BCUT2D eigenvalue weighted by atomic mass is 10.1. The van der Waals surface area contributed by atoms with Gasteiger partial charge in [0.1, 0.15) is 17.3 Å². The Bertz CT molecular complexity index is 1040. The summed E-state index contributed by atoms with van der Waals surface area (Å²) in [5.41, 5.74) is -0.258. The highest BCUT2D eigenvalue weighted by atomic mass is 35.5. The molecule has 0 saturated carbocycles. The Balaban J connectivity index is 2.11. The molecular formula is C18H12ClF2N5O. The van der Waals surface area contributed by atoms with Crippen molar-refractivity contribution >= 4 is 29.1 Å². The van der Waals surface area contributed by atoms with Gasteiger partial charge in [-0.15, -0.1) is 5.10 Å². The normalized spacial score (nSPS) is 10.5. The number of anilines is 1. The third-order valence-corrected chi connectivity index (χ3v) is 4.14. The maximum atomic E-state index is 14.2. The van der Waals surface area contributed by atoms with E-state index in [1.807, 2.05) is 0 Å². The Morgan fingerprint density at radius 3 is 2.56 bits per heavy atom. The first kappa shape index (κ1) is 18.5. The number of carbonyl (C=O) groups excluding carboxylic acids is 1. The van der Waals surface area contributed by atoms with E-state index in [4.69, 9.17) is 18.2 Å². The molecule has 0 radical (unpaired) electrons. The van der Waals surface area contributed by atoms with Crippen molar-refractivity contribution in [3.63, 3.8) is 0 Å². The standard InChI is InChI=1S/C18H12ClF2N5O/c1-3-25(14-10-5-4-8-12(14)20)18(27)26-17(22-2)16(23-24-26)15-11(19)7-6-9-13(15)21/h4-10H,3H2,1H3. The first-order chi connectivity index (χ1) is 13.0. The second kappa shape index (κ2) is 7.51. The number of para-hydroxylation sites is 1. The highest BCUT2D eigenvalue weighted by molar-refractivity contribution is 6.33. The van der Waals surface area contributed by atoms with Crippen LogP contribution in [0.2, 0.25) is 5.02 Å². The second-order valence-electron chi connectivity index (χ2n) is 5.36. The monoisotopic (exact) mass is 387 g/mol. The van der Waals surface area contributed by atoms with Crippen LogP contribution in [0.3, 0.4) is 0 Å². The van der Waals surface area contributed by atoms with Crippen LogP contribution in [0.4, 0.5) is 25.1 Å². The smallest absolute Gasteiger partial charge is 0.360 e. The third kappa shape index (κ3) is 3.25. The van der Waals surface area contributed by atoms with Gasteiger partial charge in [0.15, 0.2) is 0 Å². The Morgan fingerprint density at radius 2 is 1.93 bits per heavy atom. The molecule has 6 nitrogen and oxygen atoms in total. The first-order valence-corrected chi connectivity index (χ1v) is 8.21. The minimum atomic E-state index is -0.792. The summed E-state index contributed by atoms with van der Waals surface area (Å²) in [7, 11) is 0. The molecule has 2 aromatic carbocycles. The summed E-state index contributed by atoms with van der Waals surface area (Å²) in [5, 5.41) is 7.48. The molecule has 1 amide bonds. The molecule has 0 bridgehead atoms. The minimum Gasteiger partial charge on any atom is -0.360 e. The molecule has 0 aliphatic rings. The number of halogens is 3. The topological polar surface area (TPSA) is 55.4 Å². The van der Waals surface area contributed by atoms with Crippen molar-refractivity contribution in [2.24, 2.45) is 0 Å². The number of nitrogens with zero attached hydrogens (tertiary/aromatic N) is 5. The highest BCUT2D eigenvalue weighted by Crippen LogP contribution is 2.35. The van der Waals surface area contributed by atoms with Crippen molar-refractivity contribution in [2.45, 2.75) is 6.92 Å². The van der Waals surface area contributed by atoms with E-state index in [0.29, 0.717) is 4.68 Å². The van der Waals surface area contributed by atoms with Crippen LogP contribution < -0.4 is 4.90 Å². The Hall–Kier alpha value is -3.31. The zero-order valence-corrected chi connectivity index (χ0v) is 14.8. The number of aromatic nitrogens is 3. The molecule has 27 heavy (non-hydrogen) atoms. The van der Waals surface area contributed by atoms with Gasteiger partial charge in [-0.05, 0) is 31.2 Å². The van der Waals surface area contributed by atoms with Gasteiger partial charge in [0.2, 0.25) is 0 Å². The molecule has 0 saturated heterocycles. The van der Waals surface area contributed by atoms with Crippen molar-refractivity contribution < 1.29 is 13.6 Å². The van der Waals surface area contributed by atoms with Gasteiger partial charge >= 0.3 is 6.03 Å². The molecular weight excluding hydrogens is 376 g/mol. The lowest BCUT2D eigenvalue weighted by Crippen LogP contribution is -2.35. The van der Waals surface area contributed by atoms with Crippen LogP contribution in [0.1, 0.15) is 6.92 Å². The summed E-state index contributed by atoms with van der Waals surface area (Å²) in [6.07, 6.45) is 0. The summed E-state index contributed by atoms with van der Waals surface area (Å²) in [5.74, 6) is -1.62. The quantitative estimate of drug-likeness (QED) is 0.599. The van der Waals surface area contributed by atoms with Gasteiger partial charge in [-0.25, -0.2) is 13.6 Å². The fourth-order valence-electron chi connectivity index (χ4n) is 2.59. The first-order valence-electron chi connectivity index (χ1n) is 7.83. The number of amides is 1. The van der Waals surface area contributed by atoms with E-state index in [2.05, 4.69) is 15.2 Å². The van der Waals surface area contributed by atoms with Gasteiger partial charge in [0, 0.05) is 17.3 Å². The van der Waals surface area contributed by atoms with E-state index in [1.165, 1.54) is 30.3 Å². The van der Waals surface area contributed by atoms with Crippen molar-refractivity contribution in [2.75, 3.05) is 11.4 Å². The van der Waals surface area contributed by atoms with Gasteiger partial charge in [-0.2, -0.15) is 0 Å². The maximum Gasteiger partial charge on any atom is 0.427 e. The number of rotatable bonds is 3. The second-order valence-corrected chi connectivity index (χ2v) is 5.77. The van der Waals surface area contributed by atoms with E-state index in [9.17, 15) is 13.6 Å². The molecule has 1 aromatic heterocycles. The molecule has 136 valence electrons. The van der Waals surface area contributed by atoms with Crippen molar-refractivity contribution in [3.8, 4) is 11.3 Å². The Labute approximate surface area is 158 Å². The zero-order valence-electron chi connectivity index (χ0n) is 14.0. The van der Waals surface area contributed by atoms with Crippen LogP contribution in [0.15, 0.2) is 42.5 Å². The molecule has 1 heterocycles. The number of hydrogen-bond donors (Lipinski definition) is 0. The average Bonchev–Trinajstić information content (AvgIpc) is 3.07. The largest absolute Gasteiger partial charge is 0.427 e. The lowest BCUT2D eigenvalue weighted by Gasteiger charge is -2.18. The highest BCUT2D eigenvalue weighted by Gasteiger charge is 2.29. The maximum absolute atomic E-state index is 14.2. The van der Waals surface area contributed by atoms with E-state index in [0.717, 1.165) is 11.0 Å². The molecule has 3 aromatic rings. The van der Waals surface area contributed by atoms with Crippen molar-refractivity contribution in [3.05, 3.63) is 70.5 Å². The zero-order chi connectivity index (χ0) is 19.6. The fraction of sp³-hybridized carbons (Fsp3) is 0.111. The predicted octanol–water partition coefficient (Wildman–Crippen LogP) is 4.92. The van der Waals surface area contributed by atoms with E-state index in [-0.39, 0.29) is 34.3 Å². The molecule has 0 unspecified atom stereocenters. The number of benzene rings is 2. The molecule has 3 rings (SSSR count). The summed E-state index contributed by atoms with van der Waals surface area (Å²) in [6.45, 7) is 9.15. The fourth-order valence-corrected chi connectivity index (χ4v) is 2.84. The molecule has 0 fully saturated rings. The molecule has 9 heteroatoms. The Kier molecular flexibility index (Phi) is 5.14. The van der Waals surface area contributed by atoms with E-state index >= 15 is 0 Å². The SMILES string of the molecule is [C-]#[N+]c1c(-c2c(F)cccc2Cl)nnn1C(=O)N(CC)c1ccccc1F. The van der Waals surface area contributed by atoms with Crippen LogP contribution in [0.25, 0.3) is 16.1 Å². The molecule has 0 aliphatic heterocycles. The van der Waals surface area contributed by atoms with E-state index in [1.54, 1.807) is 13.0 Å². The predicted molar refractivity (Wildman–Crippen MR) is 96.9 cm³/mol. The van der Waals surface area contributed by atoms with Crippen molar-refractivity contribution in [1.29, 1.82) is 0 Å². The van der Waals surface area contributed by atoms with Crippen molar-refractivity contribution in [1.82, 2.24) is 15.0 Å². The summed E-state index contributed by atoms with van der Waals surface area (Å²) in [4.78, 5) is 17.2. The van der Waals surface area contributed by atoms with Gasteiger partial charge in [0.05, 0.1) is 10.7 Å². The number of carbonyl (C=O) groups is 1. The van der Waals surface area contributed by atoms with Crippen LogP contribution in [-0.4, -0.2) is 27.6 Å².